The van der Waals surface area contributed by atoms with Crippen LogP contribution < -0.4 is 11.1 Å². The molecule has 1 saturated carbocycles. The van der Waals surface area contributed by atoms with Gasteiger partial charge < -0.3 is 20.9 Å². The van der Waals surface area contributed by atoms with Crippen molar-refractivity contribution in [1.82, 2.24) is 5.32 Å². The molecule has 84 valence electrons. The van der Waals surface area contributed by atoms with E-state index >= 15 is 0 Å². The topological polar surface area (TPSA) is 119 Å². The van der Waals surface area contributed by atoms with Gasteiger partial charge in [-0.2, -0.15) is 0 Å². The lowest BCUT2D eigenvalue weighted by Gasteiger charge is -2.03. The van der Waals surface area contributed by atoms with Gasteiger partial charge >= 0.3 is 12.1 Å². The average molecular weight is 216 g/mol. The summed E-state index contributed by atoms with van der Waals surface area (Å²) in [7, 11) is 0. The molecule has 1 fully saturated rings. The maximum atomic E-state index is 11.2. The Balaban J connectivity index is 2.10. The third-order valence-electron chi connectivity index (χ3n) is 2.09. The number of nitrogens with one attached hydrogen (secondary N) is 1. The summed E-state index contributed by atoms with van der Waals surface area (Å²) in [5.74, 6) is -2.29. The van der Waals surface area contributed by atoms with E-state index in [1.807, 2.05) is 0 Å². The van der Waals surface area contributed by atoms with Gasteiger partial charge in [-0.3, -0.25) is 9.59 Å². The van der Waals surface area contributed by atoms with Crippen LogP contribution in [0.5, 0.6) is 0 Å². The van der Waals surface area contributed by atoms with E-state index in [0.29, 0.717) is 6.42 Å². The zero-order valence-electron chi connectivity index (χ0n) is 7.93. The first-order valence-electron chi connectivity index (χ1n) is 4.45. The van der Waals surface area contributed by atoms with Gasteiger partial charge in [0.25, 0.3) is 0 Å². The lowest BCUT2D eigenvalue weighted by Crippen LogP contribution is -2.31. The molecule has 1 aliphatic rings. The van der Waals surface area contributed by atoms with Crippen LogP contribution in [0, 0.1) is 11.8 Å². The average Bonchev–Trinajstić information content (AvgIpc) is 2.90. The number of primary amides is 1. The Morgan fingerprint density at radius 2 is 2.07 bits per heavy atom. The van der Waals surface area contributed by atoms with Crippen LogP contribution in [0.25, 0.3) is 0 Å². The molecule has 0 radical (unpaired) electrons. The number of carboxylic acids is 1. The number of aliphatic carboxylic acids is 1. The molecule has 7 heteroatoms. The fourth-order valence-corrected chi connectivity index (χ4v) is 1.21. The summed E-state index contributed by atoms with van der Waals surface area (Å²) in [6.07, 6.45) is -0.531. The minimum atomic E-state index is -0.955. The van der Waals surface area contributed by atoms with Gasteiger partial charge in [-0.25, -0.2) is 4.79 Å². The van der Waals surface area contributed by atoms with Crippen LogP contribution >= 0.6 is 0 Å². The lowest BCUT2D eigenvalue weighted by molar-refractivity contribution is -0.140. The van der Waals surface area contributed by atoms with E-state index in [4.69, 9.17) is 10.8 Å². The third-order valence-corrected chi connectivity index (χ3v) is 2.09. The number of hydrogen-bond donors (Lipinski definition) is 3. The molecule has 15 heavy (non-hydrogen) atoms. The van der Waals surface area contributed by atoms with Crippen LogP contribution in [0.4, 0.5) is 4.79 Å². The number of carbonyl (C=O) groups excluding carboxylic acids is 2. The third kappa shape index (κ3) is 3.45. The maximum Gasteiger partial charge on any atom is 0.404 e. The highest BCUT2D eigenvalue weighted by Crippen LogP contribution is 2.38. The normalized spacial score (nSPS) is 22.9. The van der Waals surface area contributed by atoms with Gasteiger partial charge in [0.15, 0.2) is 0 Å². The van der Waals surface area contributed by atoms with E-state index < -0.39 is 23.9 Å². The summed E-state index contributed by atoms with van der Waals surface area (Å²) in [5, 5.41) is 11.0. The summed E-state index contributed by atoms with van der Waals surface area (Å²) in [6, 6.07) is 0. The van der Waals surface area contributed by atoms with Crippen LogP contribution in [0.2, 0.25) is 0 Å². The number of ether oxygens (including phenoxy) is 1. The van der Waals surface area contributed by atoms with Crippen molar-refractivity contribution in [2.24, 2.45) is 17.6 Å². The predicted molar refractivity (Wildman–Crippen MR) is 47.8 cm³/mol. The fourth-order valence-electron chi connectivity index (χ4n) is 1.21. The molecule has 0 saturated heterocycles. The minimum Gasteiger partial charge on any atom is -0.481 e. The quantitative estimate of drug-likeness (QED) is 0.505. The molecule has 2 atom stereocenters. The molecule has 1 rings (SSSR count). The minimum absolute atomic E-state index is 0.00840. The maximum absolute atomic E-state index is 11.2. The Morgan fingerprint density at radius 3 is 2.53 bits per heavy atom. The van der Waals surface area contributed by atoms with Crippen molar-refractivity contribution in [2.45, 2.75) is 6.42 Å². The van der Waals surface area contributed by atoms with E-state index in [9.17, 15) is 14.4 Å². The van der Waals surface area contributed by atoms with E-state index in [-0.39, 0.29) is 19.1 Å². The lowest BCUT2D eigenvalue weighted by atomic mass is 10.3. The Kier molecular flexibility index (Phi) is 3.48. The van der Waals surface area contributed by atoms with Crippen molar-refractivity contribution in [3.63, 3.8) is 0 Å². The predicted octanol–water partition coefficient (Wildman–Crippen LogP) is -1.08. The molecule has 0 aromatic carbocycles. The van der Waals surface area contributed by atoms with Crippen molar-refractivity contribution in [2.75, 3.05) is 13.2 Å². The van der Waals surface area contributed by atoms with Crippen LogP contribution in [-0.2, 0) is 14.3 Å². The second kappa shape index (κ2) is 4.63. The number of nitrogens with two attached hydrogens (primary N) is 1. The molecule has 0 aliphatic heterocycles. The second-order valence-electron chi connectivity index (χ2n) is 3.25. The van der Waals surface area contributed by atoms with Crippen LogP contribution in [0.3, 0.4) is 0 Å². The van der Waals surface area contributed by atoms with Gasteiger partial charge in [-0.05, 0) is 6.42 Å². The zero-order chi connectivity index (χ0) is 11.4. The van der Waals surface area contributed by atoms with Crippen LogP contribution in [0.1, 0.15) is 6.42 Å². The summed E-state index contributed by atoms with van der Waals surface area (Å²) in [6.45, 7) is 0.135. The molecule has 0 heterocycles. The Morgan fingerprint density at radius 1 is 1.40 bits per heavy atom. The molecule has 1 aliphatic carbocycles. The molecule has 0 spiro atoms. The largest absolute Gasteiger partial charge is 0.481 e. The summed E-state index contributed by atoms with van der Waals surface area (Å²) < 4.78 is 4.37. The van der Waals surface area contributed by atoms with E-state index in [0.717, 1.165) is 0 Å². The van der Waals surface area contributed by atoms with Gasteiger partial charge in [-0.1, -0.05) is 0 Å². The Bertz CT molecular complexity index is 291. The van der Waals surface area contributed by atoms with Crippen molar-refractivity contribution in [1.29, 1.82) is 0 Å². The number of carbonyl (C=O) groups is 3. The molecule has 7 nitrogen and oxygen atoms in total. The molecule has 4 N–H and O–H groups in total. The first kappa shape index (κ1) is 11.3. The smallest absolute Gasteiger partial charge is 0.404 e. The fraction of sp³-hybridized carbons (Fsp3) is 0.625. The molecule has 0 bridgehead atoms. The van der Waals surface area contributed by atoms with Crippen molar-refractivity contribution < 1.29 is 24.2 Å². The summed E-state index contributed by atoms with van der Waals surface area (Å²) in [5.41, 5.74) is 4.69. The zero-order valence-corrected chi connectivity index (χ0v) is 7.93. The van der Waals surface area contributed by atoms with Gasteiger partial charge in [0, 0.05) is 0 Å². The number of carboxylic acid groups (broad SMARTS) is 1. The van der Waals surface area contributed by atoms with Crippen LogP contribution in [-0.4, -0.2) is 36.2 Å². The first-order valence-corrected chi connectivity index (χ1v) is 4.45. The molecule has 2 amide bonds. The molecule has 2 unspecified atom stereocenters. The molecular formula is C8H12N2O5. The van der Waals surface area contributed by atoms with E-state index in [1.54, 1.807) is 0 Å². The first-order chi connectivity index (χ1) is 7.02. The monoisotopic (exact) mass is 216 g/mol. The molecule has 0 aromatic heterocycles. The van der Waals surface area contributed by atoms with Gasteiger partial charge in [-0.15, -0.1) is 0 Å². The number of hydrogen-bond acceptors (Lipinski definition) is 4. The number of amides is 2. The van der Waals surface area contributed by atoms with Crippen molar-refractivity contribution in [3.8, 4) is 0 Å². The van der Waals surface area contributed by atoms with Crippen molar-refractivity contribution >= 4 is 18.0 Å². The van der Waals surface area contributed by atoms with Crippen LogP contribution in [0.15, 0.2) is 0 Å². The van der Waals surface area contributed by atoms with E-state index in [1.165, 1.54) is 0 Å². The highest BCUT2D eigenvalue weighted by molar-refractivity contribution is 5.89. The standard InChI is InChI=1S/C8H12N2O5/c9-8(14)15-2-1-10-6(11)4-3-5(4)7(12)13/h4-5H,1-3H2,(H2,9,14)(H,10,11)(H,12,13). The number of rotatable bonds is 5. The Hall–Kier alpha value is -1.79. The van der Waals surface area contributed by atoms with E-state index in [2.05, 4.69) is 10.1 Å². The van der Waals surface area contributed by atoms with Gasteiger partial charge in [0.1, 0.15) is 6.61 Å². The molecular weight excluding hydrogens is 204 g/mol. The van der Waals surface area contributed by atoms with Gasteiger partial charge in [0.2, 0.25) is 5.91 Å². The summed E-state index contributed by atoms with van der Waals surface area (Å²) in [4.78, 5) is 31.8. The SMILES string of the molecule is NC(=O)OCCNC(=O)C1CC1C(=O)O. The molecule has 0 aromatic rings. The Labute approximate surface area is 85.6 Å². The second-order valence-corrected chi connectivity index (χ2v) is 3.25. The van der Waals surface area contributed by atoms with Gasteiger partial charge in [0.05, 0.1) is 18.4 Å². The highest BCUT2D eigenvalue weighted by atomic mass is 16.5. The highest BCUT2D eigenvalue weighted by Gasteiger charge is 2.48. The summed E-state index contributed by atoms with van der Waals surface area (Å²) >= 11 is 0. The van der Waals surface area contributed by atoms with Crippen molar-refractivity contribution in [3.05, 3.63) is 0 Å².